The zero-order valence-electron chi connectivity index (χ0n) is 53.7. The van der Waals surface area contributed by atoms with Crippen LogP contribution in [0.2, 0.25) is 0 Å². The van der Waals surface area contributed by atoms with Crippen molar-refractivity contribution in [3.8, 4) is 22.3 Å². The van der Waals surface area contributed by atoms with Crippen LogP contribution in [0.15, 0.2) is 194 Å². The number of esters is 5. The lowest BCUT2D eigenvalue weighted by atomic mass is 9.91. The van der Waals surface area contributed by atoms with E-state index in [9.17, 15) is 43.2 Å². The van der Waals surface area contributed by atoms with Gasteiger partial charge in [-0.25, -0.2) is 9.59 Å². The van der Waals surface area contributed by atoms with Gasteiger partial charge in [-0.15, -0.1) is 0 Å². The molecule has 6 aromatic carbocycles. The molecule has 0 saturated heterocycles. The minimum Gasteiger partial charge on any atom is -0.469 e. The summed E-state index contributed by atoms with van der Waals surface area (Å²) in [5.41, 5.74) is 11.8. The summed E-state index contributed by atoms with van der Waals surface area (Å²) in [6, 6.07) is 49.4. The molecule has 4 atom stereocenters. The first-order valence-corrected chi connectivity index (χ1v) is 30.7. The minimum atomic E-state index is -0.961. The Bertz CT molecular complexity index is 3480. The average Bonchev–Trinajstić information content (AvgIpc) is 1.63. The van der Waals surface area contributed by atoms with E-state index in [4.69, 9.17) is 23.7 Å². The van der Waals surface area contributed by atoms with Crippen molar-refractivity contribution in [2.24, 2.45) is 11.8 Å². The Morgan fingerprint density at radius 1 is 0.398 bits per heavy atom. The Morgan fingerprint density at radius 2 is 0.710 bits per heavy atom. The molecule has 0 unspecified atom stereocenters. The van der Waals surface area contributed by atoms with E-state index in [0.29, 0.717) is 19.3 Å². The number of amides is 2. The number of ether oxygens (including phenoxy) is 7. The van der Waals surface area contributed by atoms with Crippen LogP contribution in [-0.2, 0) is 79.6 Å². The van der Waals surface area contributed by atoms with Crippen LogP contribution in [0.25, 0.3) is 22.3 Å². The van der Waals surface area contributed by atoms with E-state index in [0.717, 1.165) is 61.2 Å². The number of nitrogens with one attached hydrogen (secondary N) is 2. The molecule has 18 nitrogen and oxygen atoms in total. The van der Waals surface area contributed by atoms with Crippen molar-refractivity contribution in [3.63, 3.8) is 0 Å². The fourth-order valence-corrected chi connectivity index (χ4v) is 10.8. The summed E-state index contributed by atoms with van der Waals surface area (Å²) in [6.07, 6.45) is 7.94. The molecule has 6 aromatic rings. The predicted molar refractivity (Wildman–Crippen MR) is 351 cm³/mol. The van der Waals surface area contributed by atoms with Gasteiger partial charge in [-0.2, -0.15) is 0 Å². The lowest BCUT2D eigenvalue weighted by Gasteiger charge is -2.21. The number of alkyl carbamates (subject to hydrolysis) is 2. The van der Waals surface area contributed by atoms with Gasteiger partial charge in [0, 0.05) is 45.4 Å². The molecule has 2 amide bonds. The third-order valence-electron chi connectivity index (χ3n) is 15.3. The first kappa shape index (κ1) is 71.8. The van der Waals surface area contributed by atoms with Gasteiger partial charge in [0.25, 0.3) is 0 Å². The number of methoxy groups -OCH3 is 2. The van der Waals surface area contributed by atoms with Crippen LogP contribution in [0.5, 0.6) is 0 Å². The molecular formula is C75H82N2O16. The summed E-state index contributed by atoms with van der Waals surface area (Å²) < 4.78 is 35.4. The number of benzene rings is 6. The fourth-order valence-electron chi connectivity index (χ4n) is 10.8. The van der Waals surface area contributed by atoms with Gasteiger partial charge in [-0.05, 0) is 107 Å². The van der Waals surface area contributed by atoms with E-state index in [1.807, 2.05) is 141 Å². The molecule has 0 heterocycles. The van der Waals surface area contributed by atoms with Gasteiger partial charge < -0.3 is 43.8 Å². The molecule has 0 fully saturated rings. The summed E-state index contributed by atoms with van der Waals surface area (Å²) in [5, 5.41) is 5.46. The van der Waals surface area contributed by atoms with Crippen LogP contribution in [0.1, 0.15) is 106 Å². The van der Waals surface area contributed by atoms with Crippen molar-refractivity contribution in [2.75, 3.05) is 47.3 Å². The molecule has 2 aliphatic carbocycles. The smallest absolute Gasteiger partial charge is 0.407 e. The van der Waals surface area contributed by atoms with Crippen LogP contribution in [0.3, 0.4) is 0 Å². The monoisotopic (exact) mass is 1270 g/mol. The summed E-state index contributed by atoms with van der Waals surface area (Å²) in [4.78, 5) is 109. The summed E-state index contributed by atoms with van der Waals surface area (Å²) >= 11 is 0. The van der Waals surface area contributed by atoms with E-state index in [-0.39, 0.29) is 87.6 Å². The number of rotatable bonds is 28. The minimum absolute atomic E-state index is 0.0416. The summed E-state index contributed by atoms with van der Waals surface area (Å²) in [5.74, 6) is -4.19. The Hall–Kier alpha value is -10.2. The Balaban J connectivity index is 0.000000251. The van der Waals surface area contributed by atoms with Crippen molar-refractivity contribution >= 4 is 53.6 Å². The Morgan fingerprint density at radius 3 is 1.03 bits per heavy atom. The van der Waals surface area contributed by atoms with Gasteiger partial charge in [-0.1, -0.05) is 182 Å². The highest BCUT2D eigenvalue weighted by atomic mass is 16.6. The summed E-state index contributed by atoms with van der Waals surface area (Å²) in [6.45, 7) is 8.57. The predicted octanol–water partition coefficient (Wildman–Crippen LogP) is 12.3. The summed E-state index contributed by atoms with van der Waals surface area (Å²) in [7, 11) is 2.61. The molecule has 2 aliphatic rings. The van der Waals surface area contributed by atoms with Gasteiger partial charge >= 0.3 is 42.0 Å². The van der Waals surface area contributed by atoms with E-state index in [2.05, 4.69) is 56.5 Å². The van der Waals surface area contributed by atoms with Gasteiger partial charge in [0.05, 0.1) is 38.1 Å². The fraction of sp³-hybridized carbons (Fsp3) is 0.320. The molecule has 8 rings (SSSR count). The normalized spacial score (nSPS) is 13.0. The van der Waals surface area contributed by atoms with E-state index in [1.165, 1.54) is 35.0 Å². The van der Waals surface area contributed by atoms with E-state index >= 15 is 0 Å². The zero-order chi connectivity index (χ0) is 67.1. The number of fused-ring (bicyclic) bond motifs is 6. The maximum Gasteiger partial charge on any atom is 0.407 e. The molecule has 0 radical (unpaired) electrons. The maximum atomic E-state index is 13.5. The molecule has 0 aliphatic heterocycles. The second-order valence-corrected chi connectivity index (χ2v) is 22.3. The molecule has 2 N–H and O–H groups in total. The van der Waals surface area contributed by atoms with Crippen LogP contribution < -0.4 is 10.6 Å². The maximum absolute atomic E-state index is 13.5. The molecule has 93 heavy (non-hydrogen) atoms. The lowest BCUT2D eigenvalue weighted by molar-refractivity contribution is -0.147. The number of hydrogen-bond donors (Lipinski definition) is 2. The third kappa shape index (κ3) is 23.2. The highest BCUT2D eigenvalue weighted by molar-refractivity contribution is 5.92. The van der Waals surface area contributed by atoms with Crippen molar-refractivity contribution < 1.29 is 76.3 Å². The van der Waals surface area contributed by atoms with Crippen molar-refractivity contribution in [3.05, 3.63) is 227 Å². The van der Waals surface area contributed by atoms with Crippen LogP contribution in [0.4, 0.5) is 9.59 Å². The standard InChI is InChI=1S/C34H35NO7.C33H35NO5.C8H12O4/c1-23(36)41-19-11-10-18-31(32(37)21-25(33(38)40-2)20-24-12-4-3-5-13-24)35-34(39)42-22-30-28-16-8-6-14-26(28)27-15-7-9-17-29(27)30;1-22(2)17-18-30(31(35)20-24(32(36)38-3)19-23-11-5-4-6-12-23)34-33(37)39-21-29-27-15-9-7-13-25(27)26-14-8-10-16-28(26)29;1-7(9)11-5-3-4-6-12-8(2)10/h3-17,25,30-31H,18-22H2,1-2H3,(H,35,39);4-17,24,29-30H,18-21H2,1-3H3,(H,34,37);3-4H,5-6H2,1-2H3/b11-10+;;4-3-/t25-,31+;24-,30+;/m11./s1. The lowest BCUT2D eigenvalue weighted by Crippen LogP contribution is -2.42. The molecular weight excluding hydrogens is 1180 g/mol. The van der Waals surface area contributed by atoms with Gasteiger partial charge in [0.15, 0.2) is 11.6 Å². The van der Waals surface area contributed by atoms with Gasteiger partial charge in [0.1, 0.15) is 33.0 Å². The number of hydrogen-bond acceptors (Lipinski definition) is 16. The number of carbonyl (C=O) groups excluding carboxylic acids is 9. The number of carbonyl (C=O) groups is 9. The first-order chi connectivity index (χ1) is 44.9. The second kappa shape index (κ2) is 37.8. The highest BCUT2D eigenvalue weighted by Crippen LogP contribution is 2.46. The molecule has 0 spiro atoms. The quantitative estimate of drug-likeness (QED) is 0.0263. The van der Waals surface area contributed by atoms with Crippen LogP contribution in [-0.4, -0.2) is 113 Å². The highest BCUT2D eigenvalue weighted by Gasteiger charge is 2.34. The first-order valence-electron chi connectivity index (χ1n) is 30.7. The third-order valence-corrected chi connectivity index (χ3v) is 15.3. The van der Waals surface area contributed by atoms with Crippen LogP contribution in [0, 0.1) is 11.8 Å². The Kier molecular flexibility index (Phi) is 29.2. The van der Waals surface area contributed by atoms with Gasteiger partial charge in [-0.3, -0.25) is 33.6 Å². The largest absolute Gasteiger partial charge is 0.469 e. The molecule has 18 heteroatoms. The SMILES string of the molecule is CC(=O)OC/C=C\COC(C)=O.COC(=O)[C@@H](CC(=O)[C@H](C/C=C/COC(C)=O)NC(=O)OCC1c2ccccc2-c2ccccc21)Cc1ccccc1.COC(=O)[C@@H](CC(=O)[C@H](CC=C(C)C)NC(=O)OCC1c2ccccc2-c2ccccc21)Cc1ccccc1. The second-order valence-electron chi connectivity index (χ2n) is 22.3. The van der Waals surface area contributed by atoms with E-state index in [1.54, 1.807) is 24.3 Å². The van der Waals surface area contributed by atoms with Crippen molar-refractivity contribution in [2.45, 2.75) is 97.1 Å². The topological polar surface area (TPSA) is 242 Å². The van der Waals surface area contributed by atoms with Gasteiger partial charge in [0.2, 0.25) is 0 Å². The Labute approximate surface area is 543 Å². The van der Waals surface area contributed by atoms with Crippen molar-refractivity contribution in [1.29, 1.82) is 0 Å². The zero-order valence-corrected chi connectivity index (χ0v) is 53.7. The number of allylic oxidation sites excluding steroid dienone is 1. The van der Waals surface area contributed by atoms with Crippen molar-refractivity contribution in [1.82, 2.24) is 10.6 Å². The molecule has 488 valence electrons. The van der Waals surface area contributed by atoms with Crippen LogP contribution >= 0.6 is 0 Å². The molecule has 0 aromatic heterocycles. The average molecular weight is 1270 g/mol. The van der Waals surface area contributed by atoms with E-state index < -0.39 is 54.0 Å². The number of Topliss-reactive ketones (excluding diaryl/α,β-unsaturated/α-hetero) is 2. The number of ketones is 2. The molecule has 0 saturated carbocycles. The molecule has 0 bridgehead atoms.